The summed E-state index contributed by atoms with van der Waals surface area (Å²) >= 11 is 0. The summed E-state index contributed by atoms with van der Waals surface area (Å²) in [5.41, 5.74) is 6.86. The summed E-state index contributed by atoms with van der Waals surface area (Å²) in [6, 6.07) is 49.8. The van der Waals surface area contributed by atoms with Crippen molar-refractivity contribution in [3.8, 4) is 33.8 Å². The number of hydrogen-bond donors (Lipinski definition) is 1. The van der Waals surface area contributed by atoms with Crippen molar-refractivity contribution in [2.24, 2.45) is 10.2 Å². The molecule has 0 aliphatic carbocycles. The van der Waals surface area contributed by atoms with Gasteiger partial charge in [-0.15, -0.1) is 4.91 Å². The molecule has 81 heavy (non-hydrogen) atoms. The Bertz CT molecular complexity index is 3640. The molecule has 0 bridgehead atoms. The number of rotatable bonds is 11. The van der Waals surface area contributed by atoms with Crippen LogP contribution < -0.4 is 24.3 Å². The second-order valence-electron chi connectivity index (χ2n) is 21.1. The fourth-order valence-electron chi connectivity index (χ4n) is 11.5. The van der Waals surface area contributed by atoms with Crippen LogP contribution in [-0.4, -0.2) is 68.7 Å². The molecule has 2 atom stereocenters. The summed E-state index contributed by atoms with van der Waals surface area (Å²) in [5.74, 6) is 0.338. The van der Waals surface area contributed by atoms with Crippen LogP contribution in [-0.2, 0) is 10.8 Å². The summed E-state index contributed by atoms with van der Waals surface area (Å²) in [7, 11) is 0. The van der Waals surface area contributed by atoms with E-state index in [2.05, 4.69) is 92.6 Å². The van der Waals surface area contributed by atoms with Gasteiger partial charge >= 0.3 is 12.4 Å². The predicted octanol–water partition coefficient (Wildman–Crippen LogP) is 17.6. The fourth-order valence-corrected chi connectivity index (χ4v) is 11.5. The number of halogens is 6. The molecule has 3 aliphatic rings. The maximum Gasteiger partial charge on any atom is 0.406 e. The van der Waals surface area contributed by atoms with Crippen molar-refractivity contribution in [2.75, 3.05) is 58.9 Å². The van der Waals surface area contributed by atoms with E-state index in [1.165, 1.54) is 21.7 Å². The number of para-hydroxylation sites is 2. The Morgan fingerprint density at radius 1 is 0.617 bits per heavy atom. The number of aliphatic imine (C=N–C) groups is 1. The molecule has 0 saturated heterocycles. The highest BCUT2D eigenvalue weighted by Gasteiger charge is 2.66. The van der Waals surface area contributed by atoms with E-state index >= 15 is 0 Å². The number of phenols is 1. The predicted molar refractivity (Wildman–Crippen MR) is 319 cm³/mol. The number of aromatic hydroxyl groups is 1. The van der Waals surface area contributed by atoms with E-state index in [1.807, 2.05) is 106 Å². The molecule has 418 valence electrons. The van der Waals surface area contributed by atoms with Crippen molar-refractivity contribution in [2.45, 2.75) is 77.4 Å². The van der Waals surface area contributed by atoms with Crippen LogP contribution in [0.5, 0.6) is 11.5 Å². The van der Waals surface area contributed by atoms with Gasteiger partial charge in [-0.2, -0.15) is 26.3 Å². The first-order valence-corrected chi connectivity index (χ1v) is 27.0. The molecule has 3 heterocycles. The minimum Gasteiger partial charge on any atom is -0.506 e. The van der Waals surface area contributed by atoms with Crippen molar-refractivity contribution in [3.05, 3.63) is 193 Å². The number of hydrogen-bond acceptors (Lipinski definition) is 9. The lowest BCUT2D eigenvalue weighted by Gasteiger charge is -2.43. The number of nitrogens with zero attached hydrogens (tertiary/aromatic N) is 6. The fraction of sp³-hybridized carbons (Fsp3) is 0.273. The standard InChI is InChI=1S/C33H31F3N3O.C20H20N2O2.C13H14F3N/c1-5-38(6-2)23-17-15-22(16-18-23)26-19-29-30(25-12-8-7-11-24(25)26)37-20-32(40-29)31(3,4)27-13-9-10-14-28(27)39(32)21-33(34,35)36;1-3-22(4-2)15-11-9-14(10-12-15)18-13-19(23)20(21-24)17-8-6-5-7-16(17)18;1-9-12(2,3)10-6-4-5-7-11(10)17(9)8-13(14,15)16/h7-20H,3,5-6,21H2,1-2,4H3;5-13,23H,3-4H2,1-2H3;4-7H,1,8H2,2-3H3/q+1;;. The minimum atomic E-state index is -4.46. The molecule has 3 aliphatic heterocycles. The lowest BCUT2D eigenvalue weighted by Crippen LogP contribution is -2.63. The third-order valence-electron chi connectivity index (χ3n) is 15.9. The van der Waals surface area contributed by atoms with Crippen molar-refractivity contribution in [1.29, 1.82) is 0 Å². The number of allylic oxidation sites excluding steroid dienone is 1. The zero-order valence-corrected chi connectivity index (χ0v) is 46.5. The number of benzene rings is 8. The summed E-state index contributed by atoms with van der Waals surface area (Å²) in [4.78, 5) is 22.9. The summed E-state index contributed by atoms with van der Waals surface area (Å²) in [6.07, 6.45) is -7.17. The van der Waals surface area contributed by atoms with Crippen LogP contribution in [0.4, 0.5) is 60.5 Å². The molecular weight excluding hydrogens is 1040 g/mol. The largest absolute Gasteiger partial charge is 0.506 e. The van der Waals surface area contributed by atoms with E-state index in [4.69, 9.17) is 9.73 Å². The Balaban J connectivity index is 0.000000163. The van der Waals surface area contributed by atoms with Gasteiger partial charge in [-0.1, -0.05) is 130 Å². The van der Waals surface area contributed by atoms with E-state index in [1.54, 1.807) is 36.4 Å². The number of fused-ring (bicyclic) bond motifs is 6. The second-order valence-corrected chi connectivity index (χ2v) is 21.1. The van der Waals surface area contributed by atoms with Gasteiger partial charge in [0, 0.05) is 76.4 Å². The number of nitroso groups, excluding NO2 is 1. The van der Waals surface area contributed by atoms with Crippen LogP contribution in [0.15, 0.2) is 180 Å². The van der Waals surface area contributed by atoms with Gasteiger partial charge in [-0.25, -0.2) is 0 Å². The maximum absolute atomic E-state index is 14.0. The SMILES string of the molecule is C=C1N(CC(F)(F)F)c2ccccc2C1(C)C.CCN(CC)c1ccc(-c2cc(O)c(N=O)c3ccccc23)cc1.[CH2+]C1(C)c2ccccc2N(CC(F)(F)F)C12C=Nc1c(cc(-c3ccc(N(CC)CC)cc3)c3ccccc13)O2. The van der Waals surface area contributed by atoms with Gasteiger partial charge in [0.25, 0.3) is 5.72 Å². The minimum absolute atomic E-state index is 0.0912. The molecular formula is C66H65F6N6O3+. The molecule has 1 N–H and O–H groups in total. The summed E-state index contributed by atoms with van der Waals surface area (Å²) < 4.78 is 86.2. The van der Waals surface area contributed by atoms with Gasteiger partial charge in [-0.3, -0.25) is 4.99 Å². The number of alkyl halides is 6. The molecule has 8 aromatic carbocycles. The second kappa shape index (κ2) is 22.2. The van der Waals surface area contributed by atoms with E-state index in [0.29, 0.717) is 39.5 Å². The molecule has 0 radical (unpaired) electrons. The normalized spacial score (nSPS) is 17.6. The Hall–Kier alpha value is -8.46. The van der Waals surface area contributed by atoms with Gasteiger partial charge in [0.2, 0.25) is 0 Å². The van der Waals surface area contributed by atoms with E-state index in [9.17, 15) is 36.4 Å². The molecule has 1 spiro atoms. The van der Waals surface area contributed by atoms with Crippen molar-refractivity contribution in [3.63, 3.8) is 0 Å². The average molecular weight is 1100 g/mol. The molecule has 15 heteroatoms. The van der Waals surface area contributed by atoms with Gasteiger partial charge in [0.1, 0.15) is 30.3 Å². The Labute approximate surface area is 469 Å². The van der Waals surface area contributed by atoms with Crippen molar-refractivity contribution >= 4 is 61.9 Å². The van der Waals surface area contributed by atoms with Crippen LogP contribution in [0.25, 0.3) is 43.8 Å². The van der Waals surface area contributed by atoms with Crippen LogP contribution in [0.1, 0.15) is 59.6 Å². The summed E-state index contributed by atoms with van der Waals surface area (Å²) in [5, 5.41) is 16.6. The lowest BCUT2D eigenvalue weighted by atomic mass is 9.77. The van der Waals surface area contributed by atoms with Crippen molar-refractivity contribution < 1.29 is 36.2 Å². The first-order valence-electron chi connectivity index (χ1n) is 27.0. The number of phenolic OH excluding ortho intramolecular Hbond substituents is 1. The molecule has 0 aromatic heterocycles. The highest BCUT2D eigenvalue weighted by Crippen LogP contribution is 2.56. The molecule has 9 nitrogen and oxygen atoms in total. The van der Waals surface area contributed by atoms with E-state index in [-0.39, 0.29) is 11.4 Å². The molecule has 8 aromatic rings. The smallest absolute Gasteiger partial charge is 0.406 e. The van der Waals surface area contributed by atoms with Crippen LogP contribution >= 0.6 is 0 Å². The molecule has 2 unspecified atom stereocenters. The third kappa shape index (κ3) is 10.7. The van der Waals surface area contributed by atoms with Gasteiger partial charge in [0.05, 0.1) is 13.1 Å². The first-order chi connectivity index (χ1) is 38.5. The molecule has 0 saturated carbocycles. The van der Waals surface area contributed by atoms with Gasteiger partial charge in [-0.05, 0) is 127 Å². The summed E-state index contributed by atoms with van der Waals surface area (Å²) in [6.45, 7) is 23.9. The monoisotopic (exact) mass is 1100 g/mol. The Kier molecular flexibility index (Phi) is 15.7. The topological polar surface area (TPSA) is 84.2 Å². The molecule has 0 fully saturated rings. The third-order valence-corrected chi connectivity index (χ3v) is 15.9. The van der Waals surface area contributed by atoms with E-state index < -0.39 is 42.0 Å². The van der Waals surface area contributed by atoms with Crippen LogP contribution in [0, 0.1) is 11.8 Å². The molecule has 0 amide bonds. The first kappa shape index (κ1) is 57.2. The Morgan fingerprint density at radius 2 is 1.07 bits per heavy atom. The zero-order valence-electron chi connectivity index (χ0n) is 46.5. The lowest BCUT2D eigenvalue weighted by molar-refractivity contribution is -0.125. The van der Waals surface area contributed by atoms with Crippen molar-refractivity contribution in [1.82, 2.24) is 0 Å². The number of anilines is 4. The average Bonchev–Trinajstić information content (AvgIpc) is 3.82. The number of ether oxygens (including phenoxy) is 1. The van der Waals surface area contributed by atoms with Gasteiger partial charge in [0.15, 0.2) is 11.1 Å². The van der Waals surface area contributed by atoms with Crippen LogP contribution in [0.3, 0.4) is 0 Å². The van der Waals surface area contributed by atoms with Gasteiger partial charge < -0.3 is 29.4 Å². The van der Waals surface area contributed by atoms with Crippen LogP contribution in [0.2, 0.25) is 0 Å². The van der Waals surface area contributed by atoms with E-state index in [0.717, 1.165) is 75.8 Å². The maximum atomic E-state index is 14.0. The molecule has 11 rings (SSSR count). The highest BCUT2D eigenvalue weighted by molar-refractivity contribution is 6.08. The highest BCUT2D eigenvalue weighted by atomic mass is 19.4. The zero-order chi connectivity index (χ0) is 58.2. The Morgan fingerprint density at radius 3 is 1.59 bits per heavy atom. The quantitative estimate of drug-likeness (QED) is 0.0785.